The van der Waals surface area contributed by atoms with Gasteiger partial charge in [-0.2, -0.15) is 10.1 Å². The normalized spacial score (nSPS) is 16.5. The van der Waals surface area contributed by atoms with Gasteiger partial charge in [-0.05, 0) is 31.2 Å². The van der Waals surface area contributed by atoms with Crippen molar-refractivity contribution < 1.29 is 18.7 Å². The van der Waals surface area contributed by atoms with Crippen molar-refractivity contribution in [2.75, 3.05) is 34.4 Å². The van der Waals surface area contributed by atoms with Crippen molar-refractivity contribution in [3.05, 3.63) is 23.9 Å². The van der Waals surface area contributed by atoms with E-state index in [0.717, 1.165) is 25.2 Å². The number of rotatable bonds is 6. The van der Waals surface area contributed by atoms with E-state index >= 15 is 0 Å². The lowest BCUT2D eigenvalue weighted by Crippen LogP contribution is -2.08. The smallest absolute Gasteiger partial charge is 0.278 e. The average Bonchev–Trinajstić information content (AvgIpc) is 3.46. The van der Waals surface area contributed by atoms with Crippen molar-refractivity contribution in [3.63, 3.8) is 0 Å². The number of H-pyrrole nitrogens is 1. The van der Waals surface area contributed by atoms with Gasteiger partial charge in [-0.3, -0.25) is 5.10 Å². The average molecular weight is 371 g/mol. The summed E-state index contributed by atoms with van der Waals surface area (Å²) in [6.45, 7) is 1.97. The van der Waals surface area contributed by atoms with Crippen molar-refractivity contribution in [3.8, 4) is 40.2 Å². The van der Waals surface area contributed by atoms with Crippen LogP contribution in [0.2, 0.25) is 0 Å². The van der Waals surface area contributed by atoms with E-state index in [0.29, 0.717) is 46.1 Å². The SMILES string of the molecule is COc1cc(-c2noc(-c3cc(C4CCNC4)[nH]n3)n2)cc(OC)c1OC. The fourth-order valence-electron chi connectivity index (χ4n) is 3.23. The molecule has 1 aromatic carbocycles. The molecule has 1 unspecified atom stereocenters. The van der Waals surface area contributed by atoms with Gasteiger partial charge in [-0.1, -0.05) is 5.16 Å². The Hall–Kier alpha value is -3.07. The molecule has 142 valence electrons. The van der Waals surface area contributed by atoms with E-state index in [1.165, 1.54) is 0 Å². The lowest BCUT2D eigenvalue weighted by atomic mass is 10.1. The van der Waals surface area contributed by atoms with Crippen LogP contribution >= 0.6 is 0 Å². The maximum absolute atomic E-state index is 5.41. The summed E-state index contributed by atoms with van der Waals surface area (Å²) >= 11 is 0. The summed E-state index contributed by atoms with van der Waals surface area (Å²) in [5.41, 5.74) is 2.39. The highest BCUT2D eigenvalue weighted by molar-refractivity contribution is 5.67. The zero-order valence-corrected chi connectivity index (χ0v) is 15.4. The van der Waals surface area contributed by atoms with Crippen molar-refractivity contribution in [2.24, 2.45) is 0 Å². The van der Waals surface area contributed by atoms with E-state index in [-0.39, 0.29) is 0 Å². The van der Waals surface area contributed by atoms with E-state index in [4.69, 9.17) is 18.7 Å². The van der Waals surface area contributed by atoms with Crippen molar-refractivity contribution in [1.29, 1.82) is 0 Å². The number of benzene rings is 1. The third kappa shape index (κ3) is 3.21. The van der Waals surface area contributed by atoms with Crippen LogP contribution in [0.25, 0.3) is 23.0 Å². The Morgan fingerprint density at radius 1 is 1.07 bits per heavy atom. The summed E-state index contributed by atoms with van der Waals surface area (Å²) in [5, 5.41) is 14.8. The highest BCUT2D eigenvalue weighted by atomic mass is 16.5. The number of methoxy groups -OCH3 is 3. The predicted octanol–water partition coefficient (Wildman–Crippen LogP) is 2.23. The summed E-state index contributed by atoms with van der Waals surface area (Å²) in [6, 6.07) is 5.51. The summed E-state index contributed by atoms with van der Waals surface area (Å²) in [4.78, 5) is 4.47. The Bertz CT molecular complexity index is 904. The van der Waals surface area contributed by atoms with Gasteiger partial charge in [0.25, 0.3) is 5.89 Å². The molecule has 3 heterocycles. The van der Waals surface area contributed by atoms with Gasteiger partial charge in [0.2, 0.25) is 11.6 Å². The minimum atomic E-state index is 0.354. The van der Waals surface area contributed by atoms with Crippen LogP contribution in [-0.4, -0.2) is 54.8 Å². The number of hydrogen-bond acceptors (Lipinski definition) is 8. The number of nitrogens with one attached hydrogen (secondary N) is 2. The second-order valence-corrected chi connectivity index (χ2v) is 6.24. The van der Waals surface area contributed by atoms with Gasteiger partial charge in [-0.15, -0.1) is 0 Å². The quantitative estimate of drug-likeness (QED) is 0.679. The molecule has 0 saturated carbocycles. The Morgan fingerprint density at radius 3 is 2.48 bits per heavy atom. The molecular weight excluding hydrogens is 350 g/mol. The highest BCUT2D eigenvalue weighted by Gasteiger charge is 2.22. The molecule has 0 aliphatic carbocycles. The van der Waals surface area contributed by atoms with Crippen LogP contribution < -0.4 is 19.5 Å². The third-order valence-electron chi connectivity index (χ3n) is 4.67. The maximum Gasteiger partial charge on any atom is 0.278 e. The Morgan fingerprint density at radius 2 is 1.85 bits per heavy atom. The second-order valence-electron chi connectivity index (χ2n) is 6.24. The Labute approximate surface area is 156 Å². The first kappa shape index (κ1) is 17.3. The minimum absolute atomic E-state index is 0.354. The molecular formula is C18H21N5O4. The van der Waals surface area contributed by atoms with Crippen molar-refractivity contribution in [2.45, 2.75) is 12.3 Å². The van der Waals surface area contributed by atoms with Crippen LogP contribution in [0.5, 0.6) is 17.2 Å². The first-order chi connectivity index (χ1) is 13.2. The summed E-state index contributed by atoms with van der Waals surface area (Å²) in [5.74, 6) is 2.75. The van der Waals surface area contributed by atoms with E-state index in [1.807, 2.05) is 6.07 Å². The molecule has 3 aromatic rings. The van der Waals surface area contributed by atoms with Gasteiger partial charge in [-0.25, -0.2) is 0 Å². The molecule has 9 nitrogen and oxygen atoms in total. The summed E-state index contributed by atoms with van der Waals surface area (Å²) < 4.78 is 21.5. The van der Waals surface area contributed by atoms with Gasteiger partial charge in [0.15, 0.2) is 17.2 Å². The molecule has 2 N–H and O–H groups in total. The zero-order valence-electron chi connectivity index (χ0n) is 15.4. The van der Waals surface area contributed by atoms with Crippen molar-refractivity contribution >= 4 is 0 Å². The molecule has 1 aliphatic heterocycles. The third-order valence-corrected chi connectivity index (χ3v) is 4.67. The molecule has 1 atom stereocenters. The first-order valence-electron chi connectivity index (χ1n) is 8.64. The molecule has 4 rings (SSSR count). The van der Waals surface area contributed by atoms with Crippen molar-refractivity contribution in [1.82, 2.24) is 25.7 Å². The van der Waals surface area contributed by atoms with Gasteiger partial charge in [0, 0.05) is 23.7 Å². The maximum atomic E-state index is 5.41. The van der Waals surface area contributed by atoms with E-state index in [1.54, 1.807) is 33.5 Å². The van der Waals surface area contributed by atoms with E-state index in [2.05, 4.69) is 25.7 Å². The van der Waals surface area contributed by atoms with Crippen LogP contribution in [0.3, 0.4) is 0 Å². The van der Waals surface area contributed by atoms with Crippen LogP contribution in [0.15, 0.2) is 22.7 Å². The van der Waals surface area contributed by atoms with Crippen LogP contribution in [-0.2, 0) is 0 Å². The zero-order chi connectivity index (χ0) is 18.8. The molecule has 1 saturated heterocycles. The van der Waals surface area contributed by atoms with Gasteiger partial charge in [0.1, 0.15) is 0 Å². The fraction of sp³-hybridized carbons (Fsp3) is 0.389. The predicted molar refractivity (Wildman–Crippen MR) is 97.2 cm³/mol. The fourth-order valence-corrected chi connectivity index (χ4v) is 3.23. The lowest BCUT2D eigenvalue weighted by molar-refractivity contribution is 0.324. The molecule has 1 aliphatic rings. The molecule has 9 heteroatoms. The number of hydrogen-bond donors (Lipinski definition) is 2. The van der Waals surface area contributed by atoms with Crippen LogP contribution in [0.1, 0.15) is 18.0 Å². The summed E-state index contributed by atoms with van der Waals surface area (Å²) in [6.07, 6.45) is 1.09. The molecule has 0 amide bonds. The summed E-state index contributed by atoms with van der Waals surface area (Å²) in [7, 11) is 4.68. The molecule has 2 aromatic heterocycles. The lowest BCUT2D eigenvalue weighted by Gasteiger charge is -2.12. The van der Waals surface area contributed by atoms with Crippen LogP contribution in [0.4, 0.5) is 0 Å². The molecule has 0 bridgehead atoms. The van der Waals surface area contributed by atoms with Gasteiger partial charge in [0.05, 0.1) is 21.3 Å². The topological polar surface area (TPSA) is 107 Å². The monoisotopic (exact) mass is 371 g/mol. The molecule has 27 heavy (non-hydrogen) atoms. The Kier molecular flexibility index (Phi) is 4.68. The Balaban J connectivity index is 1.64. The van der Waals surface area contributed by atoms with E-state index < -0.39 is 0 Å². The van der Waals surface area contributed by atoms with Crippen LogP contribution in [0, 0.1) is 0 Å². The number of aromatic nitrogens is 4. The molecule has 1 fully saturated rings. The number of ether oxygens (including phenoxy) is 3. The number of nitrogens with zero attached hydrogens (tertiary/aromatic N) is 3. The standard InChI is InChI=1S/C18H21N5O4/c1-24-14-6-11(7-15(25-2)16(14)26-3)17-20-18(27-23-17)13-8-12(21-22-13)10-4-5-19-9-10/h6-8,10,19H,4-5,9H2,1-3H3,(H,21,22). The van der Waals surface area contributed by atoms with Gasteiger partial charge < -0.3 is 24.1 Å². The number of aromatic amines is 1. The molecule has 0 spiro atoms. The second kappa shape index (κ2) is 7.28. The highest BCUT2D eigenvalue weighted by Crippen LogP contribution is 2.40. The van der Waals surface area contributed by atoms with E-state index in [9.17, 15) is 0 Å². The molecule has 0 radical (unpaired) electrons. The first-order valence-corrected chi connectivity index (χ1v) is 8.64. The van der Waals surface area contributed by atoms with Gasteiger partial charge >= 0.3 is 0 Å². The largest absolute Gasteiger partial charge is 0.493 e. The minimum Gasteiger partial charge on any atom is -0.493 e.